The van der Waals surface area contributed by atoms with Gasteiger partial charge in [-0.05, 0) is 24.3 Å². The first kappa shape index (κ1) is 7.75. The summed E-state index contributed by atoms with van der Waals surface area (Å²) in [6.07, 6.45) is 1.26. The van der Waals surface area contributed by atoms with Crippen LogP contribution >= 0.6 is 11.3 Å². The lowest BCUT2D eigenvalue weighted by molar-refractivity contribution is 0.220. The monoisotopic (exact) mass is 186 g/mol. The Kier molecular flexibility index (Phi) is 2.09. The summed E-state index contributed by atoms with van der Waals surface area (Å²) in [6.45, 7) is 1.90. The first-order valence-corrected chi connectivity index (χ1v) is 4.62. The Morgan fingerprint density at radius 3 is 3.08 bits per heavy atom. The molecule has 0 aliphatic carbocycles. The molecule has 6 heteroatoms. The molecule has 2 heterocycles. The predicted molar refractivity (Wildman–Crippen MR) is 46.2 cm³/mol. The number of nitrogens with two attached hydrogens (primary N) is 1. The molecule has 1 atom stereocenters. The summed E-state index contributed by atoms with van der Waals surface area (Å²) >= 11 is 1.28. The molecule has 0 aromatic carbocycles. The summed E-state index contributed by atoms with van der Waals surface area (Å²) in [6, 6.07) is 0. The second kappa shape index (κ2) is 3.24. The lowest BCUT2D eigenvalue weighted by atomic mass is 10.3. The zero-order chi connectivity index (χ0) is 8.39. The van der Waals surface area contributed by atoms with Gasteiger partial charge in [-0.2, -0.15) is 0 Å². The van der Waals surface area contributed by atoms with Gasteiger partial charge in [-0.3, -0.25) is 0 Å². The highest BCUT2D eigenvalue weighted by molar-refractivity contribution is 7.16. The van der Waals surface area contributed by atoms with E-state index in [0.717, 1.165) is 19.5 Å². The van der Waals surface area contributed by atoms with Crippen molar-refractivity contribution in [1.82, 2.24) is 15.5 Å². The second-order valence-corrected chi connectivity index (χ2v) is 3.61. The van der Waals surface area contributed by atoms with Crippen LogP contribution in [0.15, 0.2) is 0 Å². The number of rotatable bonds is 2. The minimum Gasteiger partial charge on any atom is -0.464 e. The highest BCUT2D eigenvalue weighted by Crippen LogP contribution is 2.21. The first-order chi connectivity index (χ1) is 5.84. The number of nitrogens with zero attached hydrogens (tertiary/aromatic N) is 2. The number of aromatic nitrogens is 2. The zero-order valence-corrected chi connectivity index (χ0v) is 7.30. The molecule has 0 radical (unpaired) electrons. The SMILES string of the molecule is Nc1nnc(O[C@@H]2CCNC2)s1. The van der Waals surface area contributed by atoms with Crippen LogP contribution in [0.25, 0.3) is 0 Å². The van der Waals surface area contributed by atoms with Crippen LogP contribution in [-0.4, -0.2) is 29.4 Å². The molecule has 0 amide bonds. The molecule has 2 rings (SSSR count). The van der Waals surface area contributed by atoms with Crippen molar-refractivity contribution in [2.24, 2.45) is 0 Å². The lowest BCUT2D eigenvalue weighted by Gasteiger charge is -2.06. The maximum atomic E-state index is 5.50. The molecule has 0 bridgehead atoms. The molecule has 1 aromatic heterocycles. The second-order valence-electron chi connectivity index (χ2n) is 2.64. The average molecular weight is 186 g/mol. The highest BCUT2D eigenvalue weighted by atomic mass is 32.1. The van der Waals surface area contributed by atoms with Gasteiger partial charge in [-0.25, -0.2) is 0 Å². The normalized spacial score (nSPS) is 22.8. The van der Waals surface area contributed by atoms with Gasteiger partial charge in [-0.1, -0.05) is 5.10 Å². The Morgan fingerprint density at radius 2 is 2.50 bits per heavy atom. The summed E-state index contributed by atoms with van der Waals surface area (Å²) in [5.41, 5.74) is 5.40. The van der Waals surface area contributed by atoms with E-state index in [9.17, 15) is 0 Å². The molecule has 0 unspecified atom stereocenters. The zero-order valence-electron chi connectivity index (χ0n) is 6.49. The Morgan fingerprint density at radius 1 is 1.58 bits per heavy atom. The minimum atomic E-state index is 0.234. The fraction of sp³-hybridized carbons (Fsp3) is 0.667. The van der Waals surface area contributed by atoms with Gasteiger partial charge in [-0.15, -0.1) is 5.10 Å². The van der Waals surface area contributed by atoms with Crippen molar-refractivity contribution in [2.45, 2.75) is 12.5 Å². The quantitative estimate of drug-likeness (QED) is 0.672. The summed E-state index contributed by atoms with van der Waals surface area (Å²) in [4.78, 5) is 0. The summed E-state index contributed by atoms with van der Waals surface area (Å²) in [7, 11) is 0. The molecule has 1 saturated heterocycles. The van der Waals surface area contributed by atoms with Crippen LogP contribution in [0, 0.1) is 0 Å². The number of nitrogens with one attached hydrogen (secondary N) is 1. The van der Waals surface area contributed by atoms with Gasteiger partial charge in [0.05, 0.1) is 0 Å². The Balaban J connectivity index is 1.94. The van der Waals surface area contributed by atoms with Crippen LogP contribution in [0.5, 0.6) is 5.19 Å². The van der Waals surface area contributed by atoms with Gasteiger partial charge in [0.1, 0.15) is 6.10 Å². The van der Waals surface area contributed by atoms with Crippen LogP contribution < -0.4 is 15.8 Å². The van der Waals surface area contributed by atoms with E-state index in [1.54, 1.807) is 0 Å². The maximum absolute atomic E-state index is 5.50. The fourth-order valence-corrected chi connectivity index (χ4v) is 1.67. The van der Waals surface area contributed by atoms with Crippen LogP contribution in [0.2, 0.25) is 0 Å². The molecule has 1 aliphatic heterocycles. The standard InChI is InChI=1S/C6H10N4OS/c7-5-9-10-6(12-5)11-4-1-2-8-3-4/h4,8H,1-3H2,(H2,7,9)/t4-/m1/s1. The van der Waals surface area contributed by atoms with Crippen molar-refractivity contribution < 1.29 is 4.74 Å². The third kappa shape index (κ3) is 1.64. The van der Waals surface area contributed by atoms with E-state index >= 15 is 0 Å². The van der Waals surface area contributed by atoms with E-state index in [1.165, 1.54) is 11.3 Å². The van der Waals surface area contributed by atoms with Crippen molar-refractivity contribution in [3.8, 4) is 5.19 Å². The van der Waals surface area contributed by atoms with Gasteiger partial charge in [0.25, 0.3) is 5.19 Å². The summed E-state index contributed by atoms with van der Waals surface area (Å²) in [5, 5.41) is 11.7. The van der Waals surface area contributed by atoms with E-state index in [-0.39, 0.29) is 6.10 Å². The van der Waals surface area contributed by atoms with Gasteiger partial charge < -0.3 is 15.8 Å². The van der Waals surface area contributed by atoms with Gasteiger partial charge >= 0.3 is 0 Å². The number of anilines is 1. The molecule has 12 heavy (non-hydrogen) atoms. The summed E-state index contributed by atoms with van der Waals surface area (Å²) in [5.74, 6) is 0. The van der Waals surface area contributed by atoms with Gasteiger partial charge in [0.15, 0.2) is 0 Å². The molecule has 5 nitrogen and oxygen atoms in total. The van der Waals surface area contributed by atoms with Gasteiger partial charge in [0, 0.05) is 6.54 Å². The summed E-state index contributed by atoms with van der Waals surface area (Å²) < 4.78 is 5.50. The molecular weight excluding hydrogens is 176 g/mol. The van der Waals surface area contributed by atoms with Crippen LogP contribution in [0.3, 0.4) is 0 Å². The predicted octanol–water partition coefficient (Wildman–Crippen LogP) is -0.139. The van der Waals surface area contributed by atoms with Crippen molar-refractivity contribution in [3.63, 3.8) is 0 Å². The van der Waals surface area contributed by atoms with Gasteiger partial charge in [0.2, 0.25) is 5.13 Å². The molecule has 1 aromatic rings. The molecular formula is C6H10N4OS. The number of hydrogen-bond donors (Lipinski definition) is 2. The maximum Gasteiger partial charge on any atom is 0.296 e. The Labute approximate surface area is 73.9 Å². The van der Waals surface area contributed by atoms with E-state index in [0.29, 0.717) is 10.3 Å². The first-order valence-electron chi connectivity index (χ1n) is 3.81. The van der Waals surface area contributed by atoms with E-state index in [4.69, 9.17) is 10.5 Å². The van der Waals surface area contributed by atoms with Crippen molar-refractivity contribution in [2.75, 3.05) is 18.8 Å². The van der Waals surface area contributed by atoms with Crippen LogP contribution in [0.1, 0.15) is 6.42 Å². The molecule has 0 spiro atoms. The van der Waals surface area contributed by atoms with E-state index in [1.807, 2.05) is 0 Å². The molecule has 0 saturated carbocycles. The minimum absolute atomic E-state index is 0.234. The van der Waals surface area contributed by atoms with Crippen molar-refractivity contribution in [1.29, 1.82) is 0 Å². The third-order valence-corrected chi connectivity index (χ3v) is 2.35. The molecule has 3 N–H and O–H groups in total. The largest absolute Gasteiger partial charge is 0.464 e. The van der Waals surface area contributed by atoms with Crippen molar-refractivity contribution in [3.05, 3.63) is 0 Å². The number of hydrogen-bond acceptors (Lipinski definition) is 6. The molecule has 1 aliphatic rings. The topological polar surface area (TPSA) is 73.1 Å². The highest BCUT2D eigenvalue weighted by Gasteiger charge is 2.17. The average Bonchev–Trinajstić information content (AvgIpc) is 2.63. The number of nitrogen functional groups attached to an aromatic ring is 1. The fourth-order valence-electron chi connectivity index (χ4n) is 1.14. The number of ether oxygens (including phenoxy) is 1. The van der Waals surface area contributed by atoms with E-state index in [2.05, 4.69) is 15.5 Å². The van der Waals surface area contributed by atoms with Crippen LogP contribution in [0.4, 0.5) is 5.13 Å². The Bertz CT molecular complexity index is 258. The smallest absolute Gasteiger partial charge is 0.296 e. The molecule has 1 fully saturated rings. The van der Waals surface area contributed by atoms with E-state index < -0.39 is 0 Å². The van der Waals surface area contributed by atoms with Crippen molar-refractivity contribution >= 4 is 16.5 Å². The Hall–Kier alpha value is -0.880. The molecule has 66 valence electrons. The third-order valence-electron chi connectivity index (χ3n) is 1.70. The lowest BCUT2D eigenvalue weighted by Crippen LogP contribution is -2.19. The van der Waals surface area contributed by atoms with Crippen LogP contribution in [-0.2, 0) is 0 Å².